The van der Waals surface area contributed by atoms with Crippen molar-refractivity contribution >= 4 is 23.4 Å². The first kappa shape index (κ1) is 23.2. The molecule has 0 atom stereocenters. The van der Waals surface area contributed by atoms with Crippen molar-refractivity contribution in [2.24, 2.45) is 4.99 Å². The number of rotatable bonds is 9. The van der Waals surface area contributed by atoms with E-state index in [1.54, 1.807) is 16.2 Å². The van der Waals surface area contributed by atoms with Crippen molar-refractivity contribution < 1.29 is 9.53 Å². The predicted molar refractivity (Wildman–Crippen MR) is 113 cm³/mol. The minimum absolute atomic E-state index is 0.271. The molecule has 2 N–H and O–H groups in total. The largest absolute Gasteiger partial charge is 0.444 e. The Balaban J connectivity index is 2.50. The van der Waals surface area contributed by atoms with Gasteiger partial charge in [-0.2, -0.15) is 0 Å². The van der Waals surface area contributed by atoms with Crippen molar-refractivity contribution in [1.82, 2.24) is 20.5 Å². The molecule has 1 amide bonds. The molecule has 0 aromatic carbocycles. The van der Waals surface area contributed by atoms with E-state index in [2.05, 4.69) is 34.5 Å². The number of hydrogen-bond donors (Lipinski definition) is 2. The summed E-state index contributed by atoms with van der Waals surface area (Å²) in [6.07, 6.45) is 3.34. The van der Waals surface area contributed by atoms with E-state index in [1.807, 2.05) is 33.9 Å². The highest BCUT2D eigenvalue weighted by molar-refractivity contribution is 7.11. The summed E-state index contributed by atoms with van der Waals surface area (Å²) in [5.41, 5.74) is -0.485. The Bertz CT molecular complexity index is 595. The van der Waals surface area contributed by atoms with Crippen LogP contribution >= 0.6 is 11.3 Å². The molecule has 0 fully saturated rings. The van der Waals surface area contributed by atoms with Gasteiger partial charge in [-0.3, -0.25) is 4.99 Å². The highest BCUT2D eigenvalue weighted by Crippen LogP contribution is 2.11. The highest BCUT2D eigenvalue weighted by Gasteiger charge is 2.21. The molecule has 0 aliphatic heterocycles. The van der Waals surface area contributed by atoms with Crippen LogP contribution in [0.25, 0.3) is 0 Å². The summed E-state index contributed by atoms with van der Waals surface area (Å²) in [5.74, 6) is 0.756. The monoisotopic (exact) mass is 397 g/mol. The van der Waals surface area contributed by atoms with Gasteiger partial charge in [-0.1, -0.05) is 6.92 Å². The summed E-state index contributed by atoms with van der Waals surface area (Å²) < 4.78 is 5.48. The molecule has 8 heteroatoms. The van der Waals surface area contributed by atoms with E-state index in [0.29, 0.717) is 26.2 Å². The van der Waals surface area contributed by atoms with Gasteiger partial charge in [-0.25, -0.2) is 9.78 Å². The van der Waals surface area contributed by atoms with Gasteiger partial charge in [0.15, 0.2) is 5.96 Å². The van der Waals surface area contributed by atoms with Gasteiger partial charge >= 0.3 is 6.09 Å². The number of aliphatic imine (C=N–C) groups is 1. The van der Waals surface area contributed by atoms with E-state index in [4.69, 9.17) is 4.74 Å². The molecule has 7 nitrogen and oxygen atoms in total. The van der Waals surface area contributed by atoms with Gasteiger partial charge in [0.1, 0.15) is 5.60 Å². The number of nitrogens with zero attached hydrogens (tertiary/aromatic N) is 3. The maximum Gasteiger partial charge on any atom is 0.410 e. The second kappa shape index (κ2) is 11.8. The minimum Gasteiger partial charge on any atom is -0.444 e. The first-order chi connectivity index (χ1) is 12.7. The fraction of sp³-hybridized carbons (Fsp3) is 0.737. The van der Waals surface area contributed by atoms with E-state index >= 15 is 0 Å². The number of aromatic nitrogens is 1. The van der Waals surface area contributed by atoms with Crippen LogP contribution in [0.15, 0.2) is 11.2 Å². The zero-order chi connectivity index (χ0) is 20.3. The molecule has 1 aromatic rings. The van der Waals surface area contributed by atoms with Gasteiger partial charge in [0.05, 0.1) is 5.01 Å². The maximum atomic E-state index is 12.3. The average Bonchev–Trinajstić information content (AvgIpc) is 2.97. The Kier molecular flexibility index (Phi) is 10.1. The number of carbonyl (C=O) groups is 1. The number of guanidine groups is 1. The average molecular weight is 398 g/mol. The van der Waals surface area contributed by atoms with Crippen LogP contribution < -0.4 is 10.6 Å². The fourth-order valence-corrected chi connectivity index (χ4v) is 3.10. The summed E-state index contributed by atoms with van der Waals surface area (Å²) in [4.78, 5) is 24.2. The van der Waals surface area contributed by atoms with Crippen molar-refractivity contribution in [3.05, 3.63) is 16.1 Å². The van der Waals surface area contributed by atoms with Crippen molar-refractivity contribution in [3.8, 4) is 0 Å². The zero-order valence-electron chi connectivity index (χ0n) is 17.6. The molecule has 1 heterocycles. The summed E-state index contributed by atoms with van der Waals surface area (Å²) >= 11 is 1.71. The van der Waals surface area contributed by atoms with Crippen LogP contribution in [-0.4, -0.2) is 60.3 Å². The third-order valence-electron chi connectivity index (χ3n) is 3.43. The van der Waals surface area contributed by atoms with Crippen molar-refractivity contribution in [2.75, 3.05) is 32.7 Å². The van der Waals surface area contributed by atoms with E-state index in [-0.39, 0.29) is 6.09 Å². The summed E-state index contributed by atoms with van der Waals surface area (Å²) in [6, 6.07) is 0. The molecule has 154 valence electrons. The Labute approximate surface area is 167 Å². The minimum atomic E-state index is -0.485. The van der Waals surface area contributed by atoms with Crippen LogP contribution in [-0.2, 0) is 11.2 Å². The van der Waals surface area contributed by atoms with Crippen LogP contribution in [0.1, 0.15) is 50.9 Å². The van der Waals surface area contributed by atoms with E-state index < -0.39 is 5.60 Å². The Hall–Kier alpha value is -1.83. The van der Waals surface area contributed by atoms with Crippen LogP contribution in [0.3, 0.4) is 0 Å². The Morgan fingerprint density at radius 2 is 2.04 bits per heavy atom. The molecular formula is C19H35N5O2S. The lowest BCUT2D eigenvalue weighted by molar-refractivity contribution is 0.0253. The molecule has 27 heavy (non-hydrogen) atoms. The molecular weight excluding hydrogens is 362 g/mol. The van der Waals surface area contributed by atoms with Crippen LogP contribution in [0.5, 0.6) is 0 Å². The molecule has 0 unspecified atom stereocenters. The molecule has 0 aliphatic rings. The first-order valence-electron chi connectivity index (χ1n) is 9.66. The van der Waals surface area contributed by atoms with Gasteiger partial charge in [0, 0.05) is 50.2 Å². The molecule has 0 spiro atoms. The molecule has 0 radical (unpaired) electrons. The fourth-order valence-electron chi connectivity index (χ4n) is 2.32. The Morgan fingerprint density at radius 3 is 2.59 bits per heavy atom. The SMILES string of the molecule is CCCN(CCNC(=NCCc1ncc(C)s1)NCC)C(=O)OC(C)(C)C. The lowest BCUT2D eigenvalue weighted by Gasteiger charge is -2.27. The van der Waals surface area contributed by atoms with Gasteiger partial charge in [-0.05, 0) is 41.0 Å². The van der Waals surface area contributed by atoms with Crippen LogP contribution in [0.2, 0.25) is 0 Å². The smallest absolute Gasteiger partial charge is 0.410 e. The second-order valence-electron chi connectivity index (χ2n) is 7.27. The van der Waals surface area contributed by atoms with E-state index in [1.165, 1.54) is 4.88 Å². The van der Waals surface area contributed by atoms with Crippen LogP contribution in [0.4, 0.5) is 4.79 Å². The highest BCUT2D eigenvalue weighted by atomic mass is 32.1. The summed E-state index contributed by atoms with van der Waals surface area (Å²) in [7, 11) is 0. The number of ether oxygens (including phenoxy) is 1. The molecule has 1 rings (SSSR count). The van der Waals surface area contributed by atoms with Crippen molar-refractivity contribution in [1.29, 1.82) is 0 Å². The third-order valence-corrected chi connectivity index (χ3v) is 4.40. The molecule has 0 bridgehead atoms. The van der Waals surface area contributed by atoms with Gasteiger partial charge in [0.2, 0.25) is 0 Å². The normalized spacial score (nSPS) is 12.0. The topological polar surface area (TPSA) is 78.9 Å². The lowest BCUT2D eigenvalue weighted by Crippen LogP contribution is -2.44. The number of carbonyl (C=O) groups excluding carboxylic acids is 1. The van der Waals surface area contributed by atoms with Crippen LogP contribution in [0, 0.1) is 6.92 Å². The van der Waals surface area contributed by atoms with Gasteiger partial charge in [-0.15, -0.1) is 11.3 Å². The number of nitrogens with one attached hydrogen (secondary N) is 2. The van der Waals surface area contributed by atoms with Crippen molar-refractivity contribution in [3.63, 3.8) is 0 Å². The quantitative estimate of drug-likeness (QED) is 0.494. The first-order valence-corrected chi connectivity index (χ1v) is 10.5. The predicted octanol–water partition coefficient (Wildman–Crippen LogP) is 3.20. The zero-order valence-corrected chi connectivity index (χ0v) is 18.4. The van der Waals surface area contributed by atoms with Gasteiger partial charge < -0.3 is 20.3 Å². The summed E-state index contributed by atoms with van der Waals surface area (Å²) in [6.45, 7) is 15.1. The van der Waals surface area contributed by atoms with E-state index in [9.17, 15) is 4.79 Å². The van der Waals surface area contributed by atoms with Crippen molar-refractivity contribution in [2.45, 2.75) is 60.0 Å². The third kappa shape index (κ3) is 10.2. The number of aryl methyl sites for hydroxylation is 1. The number of hydrogen-bond acceptors (Lipinski definition) is 5. The molecule has 1 aromatic heterocycles. The molecule has 0 saturated heterocycles. The molecule has 0 aliphatic carbocycles. The van der Waals surface area contributed by atoms with Gasteiger partial charge in [0.25, 0.3) is 0 Å². The summed E-state index contributed by atoms with van der Waals surface area (Å²) in [5, 5.41) is 7.63. The Morgan fingerprint density at radius 1 is 1.30 bits per heavy atom. The standard InChI is InChI=1S/C19H35N5O2S/c1-7-12-24(18(25)26-19(4,5)6)13-11-22-17(20-8-2)21-10-9-16-23-14-15(3)27-16/h14H,7-13H2,1-6H3,(H2,20,21,22). The second-order valence-corrected chi connectivity index (χ2v) is 8.59. The van der Waals surface area contributed by atoms with E-state index in [0.717, 1.165) is 30.4 Å². The maximum absolute atomic E-state index is 12.3. The number of amides is 1. The molecule has 0 saturated carbocycles. The lowest BCUT2D eigenvalue weighted by atomic mass is 10.2. The number of thiazole rings is 1.